The molecule has 124 valence electrons. The van der Waals surface area contributed by atoms with Crippen LogP contribution in [-0.2, 0) is 11.4 Å². The molecule has 0 aliphatic carbocycles. The number of carbonyl (C=O) groups is 2. The molecule has 2 aromatic rings. The molecule has 0 fully saturated rings. The molecule has 1 aliphatic heterocycles. The Kier molecular flexibility index (Phi) is 5.25. The SMILES string of the molecule is O=C1c2ccccc2C(=O)N1CCCNOCc1cccc(Cl)c1. The van der Waals surface area contributed by atoms with Gasteiger partial charge in [0.15, 0.2) is 0 Å². The maximum absolute atomic E-state index is 12.2. The zero-order valence-corrected chi connectivity index (χ0v) is 13.8. The van der Waals surface area contributed by atoms with Crippen LogP contribution in [0.25, 0.3) is 0 Å². The second-order valence-electron chi connectivity index (χ2n) is 5.47. The number of hydrogen-bond acceptors (Lipinski definition) is 4. The van der Waals surface area contributed by atoms with Crippen LogP contribution in [0.15, 0.2) is 48.5 Å². The van der Waals surface area contributed by atoms with Crippen LogP contribution in [0.3, 0.4) is 0 Å². The van der Waals surface area contributed by atoms with Crippen molar-refractivity contribution in [1.82, 2.24) is 10.4 Å². The minimum atomic E-state index is -0.226. The van der Waals surface area contributed by atoms with E-state index in [0.717, 1.165) is 5.56 Å². The molecular formula is C18H17ClN2O3. The molecule has 2 aromatic carbocycles. The lowest BCUT2D eigenvalue weighted by Crippen LogP contribution is -2.32. The summed E-state index contributed by atoms with van der Waals surface area (Å²) in [6.07, 6.45) is 0.612. The van der Waals surface area contributed by atoms with Gasteiger partial charge in [0.1, 0.15) is 0 Å². The molecule has 5 nitrogen and oxygen atoms in total. The third kappa shape index (κ3) is 3.64. The van der Waals surface area contributed by atoms with Crippen LogP contribution in [0, 0.1) is 0 Å². The second-order valence-corrected chi connectivity index (χ2v) is 5.91. The molecule has 0 atom stereocenters. The Morgan fingerprint density at radius 2 is 1.71 bits per heavy atom. The van der Waals surface area contributed by atoms with Crippen molar-refractivity contribution in [2.24, 2.45) is 0 Å². The van der Waals surface area contributed by atoms with Crippen molar-refractivity contribution in [3.05, 3.63) is 70.2 Å². The number of halogens is 1. The standard InChI is InChI=1S/C18H17ClN2O3/c19-14-6-3-5-13(11-14)12-24-20-9-4-10-21-17(22)15-7-1-2-8-16(15)18(21)23/h1-3,5-8,11,20H,4,9-10,12H2. The van der Waals surface area contributed by atoms with E-state index in [1.165, 1.54) is 4.90 Å². The first-order valence-corrected chi connectivity index (χ1v) is 8.09. The van der Waals surface area contributed by atoms with E-state index in [4.69, 9.17) is 16.4 Å². The zero-order valence-electron chi connectivity index (χ0n) is 13.0. The Labute approximate surface area is 145 Å². The lowest BCUT2D eigenvalue weighted by atomic mass is 10.1. The summed E-state index contributed by atoms with van der Waals surface area (Å²) in [5.41, 5.74) is 4.76. The summed E-state index contributed by atoms with van der Waals surface area (Å²) in [7, 11) is 0. The predicted molar refractivity (Wildman–Crippen MR) is 90.7 cm³/mol. The Morgan fingerprint density at radius 3 is 2.38 bits per heavy atom. The zero-order chi connectivity index (χ0) is 16.9. The van der Waals surface area contributed by atoms with Gasteiger partial charge in [0.2, 0.25) is 0 Å². The van der Waals surface area contributed by atoms with Crippen LogP contribution in [0.2, 0.25) is 5.02 Å². The number of hydroxylamine groups is 1. The van der Waals surface area contributed by atoms with Crippen molar-refractivity contribution in [3.8, 4) is 0 Å². The van der Waals surface area contributed by atoms with E-state index in [2.05, 4.69) is 5.48 Å². The molecule has 3 rings (SSSR count). The number of fused-ring (bicyclic) bond motifs is 1. The number of imide groups is 1. The normalized spacial score (nSPS) is 13.5. The molecule has 6 heteroatoms. The van der Waals surface area contributed by atoms with E-state index in [1.807, 2.05) is 18.2 Å². The van der Waals surface area contributed by atoms with Gasteiger partial charge < -0.3 is 0 Å². The summed E-state index contributed by atoms with van der Waals surface area (Å²) in [5.74, 6) is -0.453. The molecule has 0 radical (unpaired) electrons. The number of rotatable bonds is 7. The van der Waals surface area contributed by atoms with E-state index < -0.39 is 0 Å². The minimum absolute atomic E-state index is 0.226. The first-order valence-electron chi connectivity index (χ1n) is 7.71. The molecule has 0 saturated heterocycles. The monoisotopic (exact) mass is 344 g/mol. The average molecular weight is 345 g/mol. The highest BCUT2D eigenvalue weighted by Crippen LogP contribution is 2.22. The number of nitrogens with zero attached hydrogens (tertiary/aromatic N) is 1. The fourth-order valence-corrected chi connectivity index (χ4v) is 2.80. The van der Waals surface area contributed by atoms with E-state index in [-0.39, 0.29) is 11.8 Å². The smallest absolute Gasteiger partial charge is 0.261 e. The minimum Gasteiger partial charge on any atom is -0.297 e. The Bertz CT molecular complexity index is 728. The molecule has 0 bridgehead atoms. The van der Waals surface area contributed by atoms with Gasteiger partial charge in [0.25, 0.3) is 11.8 Å². The highest BCUT2D eigenvalue weighted by molar-refractivity contribution is 6.30. The van der Waals surface area contributed by atoms with Crippen molar-refractivity contribution < 1.29 is 14.4 Å². The molecular weight excluding hydrogens is 328 g/mol. The van der Waals surface area contributed by atoms with E-state index in [1.54, 1.807) is 30.3 Å². The lowest BCUT2D eigenvalue weighted by Gasteiger charge is -2.13. The van der Waals surface area contributed by atoms with Gasteiger partial charge in [-0.25, -0.2) is 5.48 Å². The van der Waals surface area contributed by atoms with E-state index in [0.29, 0.717) is 42.3 Å². The van der Waals surface area contributed by atoms with Crippen molar-refractivity contribution in [2.45, 2.75) is 13.0 Å². The molecule has 24 heavy (non-hydrogen) atoms. The molecule has 1 aliphatic rings. The van der Waals surface area contributed by atoms with E-state index >= 15 is 0 Å². The van der Waals surface area contributed by atoms with Gasteiger partial charge in [-0.1, -0.05) is 35.9 Å². The van der Waals surface area contributed by atoms with Gasteiger partial charge in [0, 0.05) is 18.1 Å². The average Bonchev–Trinajstić information content (AvgIpc) is 2.83. The molecule has 0 unspecified atom stereocenters. The molecule has 0 spiro atoms. The Morgan fingerprint density at radius 1 is 1.00 bits per heavy atom. The van der Waals surface area contributed by atoms with E-state index in [9.17, 15) is 9.59 Å². The first kappa shape index (κ1) is 16.6. The maximum Gasteiger partial charge on any atom is 0.261 e. The summed E-state index contributed by atoms with van der Waals surface area (Å²) in [5, 5.41) is 0.668. The van der Waals surface area contributed by atoms with Crippen LogP contribution in [0.5, 0.6) is 0 Å². The summed E-state index contributed by atoms with van der Waals surface area (Å²) >= 11 is 5.90. The highest BCUT2D eigenvalue weighted by atomic mass is 35.5. The predicted octanol–water partition coefficient (Wildman–Crippen LogP) is 3.05. The molecule has 0 saturated carbocycles. The maximum atomic E-state index is 12.2. The topological polar surface area (TPSA) is 58.6 Å². The third-order valence-corrected chi connectivity index (χ3v) is 4.00. The second kappa shape index (κ2) is 7.57. The number of amides is 2. The van der Waals surface area contributed by atoms with Gasteiger partial charge >= 0.3 is 0 Å². The molecule has 0 aromatic heterocycles. The fraction of sp³-hybridized carbons (Fsp3) is 0.222. The van der Waals surface area contributed by atoms with Crippen molar-refractivity contribution in [2.75, 3.05) is 13.1 Å². The fourth-order valence-electron chi connectivity index (χ4n) is 2.58. The lowest BCUT2D eigenvalue weighted by molar-refractivity contribution is 0.0259. The van der Waals surface area contributed by atoms with Crippen LogP contribution >= 0.6 is 11.6 Å². The summed E-state index contributed by atoms with van der Waals surface area (Å²) in [4.78, 5) is 31.0. The molecule has 1 N–H and O–H groups in total. The number of nitrogens with one attached hydrogen (secondary N) is 1. The van der Waals surface area contributed by atoms with Crippen molar-refractivity contribution in [1.29, 1.82) is 0 Å². The largest absolute Gasteiger partial charge is 0.297 e. The molecule has 2 amide bonds. The Balaban J connectivity index is 1.40. The van der Waals surface area contributed by atoms with Gasteiger partial charge in [-0.2, -0.15) is 0 Å². The first-order chi connectivity index (χ1) is 11.7. The van der Waals surface area contributed by atoms with Crippen LogP contribution < -0.4 is 5.48 Å². The van der Waals surface area contributed by atoms with Crippen LogP contribution in [-0.4, -0.2) is 29.8 Å². The van der Waals surface area contributed by atoms with Crippen LogP contribution in [0.4, 0.5) is 0 Å². The summed E-state index contributed by atoms with van der Waals surface area (Å²) in [6, 6.07) is 14.3. The molecule has 1 heterocycles. The quantitative estimate of drug-likeness (QED) is 0.476. The number of benzene rings is 2. The number of hydrogen-bond donors (Lipinski definition) is 1. The van der Waals surface area contributed by atoms with Crippen molar-refractivity contribution in [3.63, 3.8) is 0 Å². The third-order valence-electron chi connectivity index (χ3n) is 3.77. The Hall–Kier alpha value is -2.21. The van der Waals surface area contributed by atoms with Gasteiger partial charge in [-0.05, 0) is 36.2 Å². The number of carbonyl (C=O) groups excluding carboxylic acids is 2. The summed E-state index contributed by atoms with van der Waals surface area (Å²) < 4.78 is 0. The summed E-state index contributed by atoms with van der Waals surface area (Å²) in [6.45, 7) is 1.29. The van der Waals surface area contributed by atoms with Crippen LogP contribution in [0.1, 0.15) is 32.7 Å². The van der Waals surface area contributed by atoms with Gasteiger partial charge in [-0.15, -0.1) is 0 Å². The van der Waals surface area contributed by atoms with Crippen molar-refractivity contribution >= 4 is 23.4 Å². The van der Waals surface area contributed by atoms with Gasteiger partial charge in [-0.3, -0.25) is 19.3 Å². The van der Waals surface area contributed by atoms with Gasteiger partial charge in [0.05, 0.1) is 17.7 Å². The highest BCUT2D eigenvalue weighted by Gasteiger charge is 2.34.